The van der Waals surface area contributed by atoms with Crippen LogP contribution in [0.4, 0.5) is 27.4 Å². The predicted octanol–water partition coefficient (Wildman–Crippen LogP) is 3.71. The van der Waals surface area contributed by atoms with Crippen molar-refractivity contribution < 1.29 is 9.18 Å². The van der Waals surface area contributed by atoms with Gasteiger partial charge in [-0.25, -0.2) is 14.4 Å². The monoisotopic (exact) mass is 504 g/mol. The van der Waals surface area contributed by atoms with Crippen LogP contribution in [0.3, 0.4) is 0 Å². The Kier molecular flexibility index (Phi) is 6.70. The highest BCUT2D eigenvalue weighted by atomic mass is 19.1. The van der Waals surface area contributed by atoms with Crippen LogP contribution in [0, 0.1) is 25.6 Å². The smallest absolute Gasteiger partial charge is 0.256 e. The number of carbonyl (C=O) groups excluding carboxylic acids is 1. The van der Waals surface area contributed by atoms with Crippen molar-refractivity contribution in [2.24, 2.45) is 11.8 Å². The predicted molar refractivity (Wildman–Crippen MR) is 143 cm³/mol. The standard InChI is InChI=1S/C27H33FN8O/c1-15-6-16(2)8-19(7-15)32-27-31-11-18-13-36(14-24(18)33-27)25-4-5-35(12-17(25)3)26(37)20-9-22(29)23(34-30)10-21(20)28/h6-11,17,25,34H,4-5,12-14,29-30H2,1-3H3,(H,31,32,33). The van der Waals surface area contributed by atoms with Crippen LogP contribution in [-0.4, -0.2) is 44.8 Å². The average Bonchev–Trinajstić information content (AvgIpc) is 3.27. The second-order valence-electron chi connectivity index (χ2n) is 10.2. The molecule has 2 atom stereocenters. The number of hydrogen-bond acceptors (Lipinski definition) is 8. The van der Waals surface area contributed by atoms with Crippen molar-refractivity contribution >= 4 is 28.9 Å². The lowest BCUT2D eigenvalue weighted by molar-refractivity contribution is 0.0441. The van der Waals surface area contributed by atoms with Gasteiger partial charge in [0.1, 0.15) is 5.82 Å². The molecule has 6 N–H and O–H groups in total. The third-order valence-corrected chi connectivity index (χ3v) is 7.30. The molecule has 0 bridgehead atoms. The molecule has 2 aliphatic heterocycles. The number of carbonyl (C=O) groups is 1. The Balaban J connectivity index is 1.23. The molecule has 5 rings (SSSR count). The van der Waals surface area contributed by atoms with E-state index in [1.54, 1.807) is 4.90 Å². The molecule has 0 saturated carbocycles. The maximum Gasteiger partial charge on any atom is 0.256 e. The van der Waals surface area contributed by atoms with E-state index in [1.807, 2.05) is 6.20 Å². The number of anilines is 4. The van der Waals surface area contributed by atoms with E-state index >= 15 is 0 Å². The van der Waals surface area contributed by atoms with Crippen molar-refractivity contribution in [1.29, 1.82) is 0 Å². The van der Waals surface area contributed by atoms with E-state index in [2.05, 4.69) is 59.6 Å². The number of aryl methyl sites for hydroxylation is 2. The first-order valence-corrected chi connectivity index (χ1v) is 12.5. The molecule has 2 aliphatic rings. The van der Waals surface area contributed by atoms with E-state index < -0.39 is 5.82 Å². The fourth-order valence-electron chi connectivity index (χ4n) is 5.56. The fourth-order valence-corrected chi connectivity index (χ4v) is 5.56. The highest BCUT2D eigenvalue weighted by Gasteiger charge is 2.36. The number of hydrazine groups is 1. The van der Waals surface area contributed by atoms with Gasteiger partial charge in [-0.15, -0.1) is 0 Å². The Bertz CT molecular complexity index is 1330. The molecule has 3 heterocycles. The molecule has 2 aromatic carbocycles. The zero-order chi connectivity index (χ0) is 26.3. The largest absolute Gasteiger partial charge is 0.397 e. The number of aromatic nitrogens is 2. The van der Waals surface area contributed by atoms with Crippen LogP contribution in [0.15, 0.2) is 36.5 Å². The van der Waals surface area contributed by atoms with Gasteiger partial charge in [0.15, 0.2) is 0 Å². The zero-order valence-corrected chi connectivity index (χ0v) is 21.4. The first kappa shape index (κ1) is 24.9. The number of nitrogens with two attached hydrogens (primary N) is 2. The summed E-state index contributed by atoms with van der Waals surface area (Å²) in [6.07, 6.45) is 2.70. The molecule has 1 saturated heterocycles. The molecule has 1 aromatic heterocycles. The summed E-state index contributed by atoms with van der Waals surface area (Å²) in [5, 5.41) is 3.33. The van der Waals surface area contributed by atoms with E-state index in [1.165, 1.54) is 17.2 Å². The number of nitrogens with zero attached hydrogens (tertiary/aromatic N) is 4. The Morgan fingerprint density at radius 1 is 1.14 bits per heavy atom. The van der Waals surface area contributed by atoms with Gasteiger partial charge in [0.2, 0.25) is 5.95 Å². The number of halogens is 1. The van der Waals surface area contributed by atoms with Crippen molar-refractivity contribution in [3.63, 3.8) is 0 Å². The Morgan fingerprint density at radius 2 is 1.89 bits per heavy atom. The average molecular weight is 505 g/mol. The SMILES string of the molecule is Cc1cc(C)cc(Nc2ncc3c(n2)CN(C2CCN(C(=O)c4cc(N)c(NN)cc4F)CC2C)C3)c1. The number of rotatable bonds is 5. The molecular weight excluding hydrogens is 471 g/mol. The normalized spacial score (nSPS) is 19.5. The van der Waals surface area contributed by atoms with Gasteiger partial charge in [0, 0.05) is 55.7 Å². The summed E-state index contributed by atoms with van der Waals surface area (Å²) in [6, 6.07) is 9.08. The van der Waals surface area contributed by atoms with Crippen LogP contribution in [0.2, 0.25) is 0 Å². The second-order valence-corrected chi connectivity index (χ2v) is 10.2. The van der Waals surface area contributed by atoms with Crippen LogP contribution < -0.4 is 22.3 Å². The topological polar surface area (TPSA) is 125 Å². The molecule has 3 aromatic rings. The zero-order valence-electron chi connectivity index (χ0n) is 21.4. The van der Waals surface area contributed by atoms with E-state index in [0.717, 1.165) is 42.5 Å². The minimum absolute atomic E-state index is 0.0326. The van der Waals surface area contributed by atoms with Gasteiger partial charge in [-0.3, -0.25) is 15.5 Å². The van der Waals surface area contributed by atoms with Gasteiger partial charge in [-0.1, -0.05) is 13.0 Å². The van der Waals surface area contributed by atoms with Gasteiger partial charge in [0.05, 0.1) is 22.6 Å². The molecule has 1 amide bonds. The summed E-state index contributed by atoms with van der Waals surface area (Å²) in [7, 11) is 0. The number of amides is 1. The molecule has 9 nitrogen and oxygen atoms in total. The summed E-state index contributed by atoms with van der Waals surface area (Å²) in [6.45, 7) is 8.88. The number of benzene rings is 2. The first-order valence-electron chi connectivity index (χ1n) is 12.5. The van der Waals surface area contributed by atoms with E-state index in [0.29, 0.717) is 19.0 Å². The molecule has 1 fully saturated rings. The summed E-state index contributed by atoms with van der Waals surface area (Å²) >= 11 is 0. The van der Waals surface area contributed by atoms with E-state index in [9.17, 15) is 9.18 Å². The maximum absolute atomic E-state index is 14.6. The lowest BCUT2D eigenvalue weighted by Crippen LogP contribution is -2.50. The van der Waals surface area contributed by atoms with Crippen molar-refractivity contribution in [2.45, 2.75) is 46.3 Å². The van der Waals surface area contributed by atoms with Gasteiger partial charge in [-0.05, 0) is 55.5 Å². The molecule has 0 spiro atoms. The van der Waals surface area contributed by atoms with Crippen LogP contribution in [0.5, 0.6) is 0 Å². The Morgan fingerprint density at radius 3 is 2.59 bits per heavy atom. The Labute approximate surface area is 216 Å². The molecule has 0 radical (unpaired) electrons. The van der Waals surface area contributed by atoms with Crippen molar-refractivity contribution in [3.05, 3.63) is 70.3 Å². The van der Waals surface area contributed by atoms with Gasteiger partial charge >= 0.3 is 0 Å². The van der Waals surface area contributed by atoms with E-state index in [4.69, 9.17) is 16.6 Å². The molecule has 194 valence electrons. The second kappa shape index (κ2) is 9.95. The summed E-state index contributed by atoms with van der Waals surface area (Å²) in [5.41, 5.74) is 14.2. The highest BCUT2D eigenvalue weighted by molar-refractivity contribution is 5.96. The lowest BCUT2D eigenvalue weighted by Gasteiger charge is -2.41. The summed E-state index contributed by atoms with van der Waals surface area (Å²) in [4.78, 5) is 26.6. The third-order valence-electron chi connectivity index (χ3n) is 7.30. The van der Waals surface area contributed by atoms with Crippen molar-refractivity contribution in [2.75, 3.05) is 29.6 Å². The number of hydrogen-bond donors (Lipinski definition) is 4. The number of fused-ring (bicyclic) bond motifs is 1. The maximum atomic E-state index is 14.6. The molecule has 10 heteroatoms. The number of likely N-dealkylation sites (tertiary alicyclic amines) is 1. The summed E-state index contributed by atoms with van der Waals surface area (Å²) in [5.74, 6) is 5.17. The minimum Gasteiger partial charge on any atom is -0.397 e. The fraction of sp³-hybridized carbons (Fsp3) is 0.370. The van der Waals surface area contributed by atoms with Gasteiger partial charge in [-0.2, -0.15) is 0 Å². The van der Waals surface area contributed by atoms with Crippen molar-refractivity contribution in [1.82, 2.24) is 19.8 Å². The summed E-state index contributed by atoms with van der Waals surface area (Å²) < 4.78 is 14.6. The van der Waals surface area contributed by atoms with Crippen LogP contribution in [0.1, 0.15) is 46.1 Å². The van der Waals surface area contributed by atoms with Gasteiger partial charge < -0.3 is 21.4 Å². The number of nitrogens with one attached hydrogen (secondary N) is 2. The molecule has 2 unspecified atom stereocenters. The molecule has 0 aliphatic carbocycles. The van der Waals surface area contributed by atoms with E-state index in [-0.39, 0.29) is 34.8 Å². The molecular formula is C27H33FN8O. The molecule has 37 heavy (non-hydrogen) atoms. The quantitative estimate of drug-likeness (QED) is 0.235. The van der Waals surface area contributed by atoms with Crippen LogP contribution in [0.25, 0.3) is 0 Å². The van der Waals surface area contributed by atoms with Crippen LogP contribution in [-0.2, 0) is 13.1 Å². The third kappa shape index (κ3) is 5.07. The van der Waals surface area contributed by atoms with Crippen molar-refractivity contribution in [3.8, 4) is 0 Å². The number of nitrogen functional groups attached to an aromatic ring is 2. The lowest BCUT2D eigenvalue weighted by atomic mass is 9.92. The van der Waals surface area contributed by atoms with Gasteiger partial charge in [0.25, 0.3) is 5.91 Å². The number of piperidine rings is 1. The van der Waals surface area contributed by atoms with Crippen LogP contribution >= 0.6 is 0 Å². The minimum atomic E-state index is -0.638. The first-order chi connectivity index (χ1) is 17.7. The Hall–Kier alpha value is -3.76. The highest BCUT2D eigenvalue weighted by Crippen LogP contribution is 2.32.